The fourth-order valence-electron chi connectivity index (χ4n) is 3.18. The van der Waals surface area contributed by atoms with Gasteiger partial charge in [0.25, 0.3) is 0 Å². The van der Waals surface area contributed by atoms with Crippen LogP contribution in [-0.4, -0.2) is 11.1 Å². The highest BCUT2D eigenvalue weighted by Crippen LogP contribution is 2.35. The van der Waals surface area contributed by atoms with Crippen molar-refractivity contribution in [3.63, 3.8) is 0 Å². The Labute approximate surface area is 142 Å². The number of carbonyl (C=O) groups is 1. The van der Waals surface area contributed by atoms with Crippen molar-refractivity contribution in [3.05, 3.63) is 65.2 Å². The molecule has 1 N–H and O–H groups in total. The molecule has 0 heterocycles. The lowest BCUT2D eigenvalue weighted by atomic mass is 9.96. The second kappa shape index (κ2) is 7.23. The van der Waals surface area contributed by atoms with Crippen molar-refractivity contribution >= 4 is 5.97 Å². The number of fused-ring (bicyclic) bond motifs is 1. The Morgan fingerprint density at radius 1 is 1.25 bits per heavy atom. The maximum absolute atomic E-state index is 11.0. The lowest BCUT2D eigenvalue weighted by molar-refractivity contribution is -0.137. The number of aryl methyl sites for hydroxylation is 1. The van der Waals surface area contributed by atoms with E-state index >= 15 is 0 Å². The fourth-order valence-corrected chi connectivity index (χ4v) is 3.18. The molecular weight excluding hydrogens is 300 g/mol. The van der Waals surface area contributed by atoms with Gasteiger partial charge in [0.1, 0.15) is 11.9 Å². The second-order valence-corrected chi connectivity index (χ2v) is 5.96. The summed E-state index contributed by atoms with van der Waals surface area (Å²) in [4.78, 5) is 11.0. The molecule has 3 heteroatoms. The summed E-state index contributed by atoms with van der Waals surface area (Å²) >= 11 is 0. The van der Waals surface area contributed by atoms with Crippen molar-refractivity contribution in [3.8, 4) is 17.6 Å². The van der Waals surface area contributed by atoms with Crippen LogP contribution in [0.25, 0.3) is 0 Å². The van der Waals surface area contributed by atoms with Gasteiger partial charge in [-0.2, -0.15) is 0 Å². The first-order valence-corrected chi connectivity index (χ1v) is 8.16. The topological polar surface area (TPSA) is 46.5 Å². The Morgan fingerprint density at radius 3 is 2.71 bits per heavy atom. The van der Waals surface area contributed by atoms with E-state index in [4.69, 9.17) is 9.84 Å². The highest BCUT2D eigenvalue weighted by Gasteiger charge is 2.23. The summed E-state index contributed by atoms with van der Waals surface area (Å²) < 4.78 is 6.13. The second-order valence-electron chi connectivity index (χ2n) is 5.96. The molecule has 1 aliphatic rings. The number of hydrogen-bond acceptors (Lipinski definition) is 2. The first-order valence-electron chi connectivity index (χ1n) is 8.16. The van der Waals surface area contributed by atoms with Gasteiger partial charge in [-0.05, 0) is 48.6 Å². The van der Waals surface area contributed by atoms with Gasteiger partial charge in [0.15, 0.2) is 0 Å². The van der Waals surface area contributed by atoms with E-state index in [2.05, 4.69) is 30.0 Å². The molecule has 3 nitrogen and oxygen atoms in total. The molecule has 3 rings (SSSR count). The molecule has 0 fully saturated rings. The number of aliphatic carboxylic acids is 1. The molecule has 2 aromatic rings. The van der Waals surface area contributed by atoms with E-state index in [0.29, 0.717) is 0 Å². The molecule has 122 valence electrons. The van der Waals surface area contributed by atoms with E-state index in [-0.39, 0.29) is 18.4 Å². The molecule has 24 heavy (non-hydrogen) atoms. The summed E-state index contributed by atoms with van der Waals surface area (Å²) in [5, 5.41) is 9.02. The zero-order valence-electron chi connectivity index (χ0n) is 13.7. The van der Waals surface area contributed by atoms with Gasteiger partial charge in [-0.15, -0.1) is 5.92 Å². The number of benzene rings is 2. The normalized spacial score (nSPS) is 16.6. The minimum absolute atomic E-state index is 0.0110. The number of carboxylic acid groups (broad SMARTS) is 1. The number of hydrogen-bond donors (Lipinski definition) is 1. The summed E-state index contributed by atoms with van der Waals surface area (Å²) in [6.07, 6.45) is 2.14. The molecule has 0 saturated heterocycles. The van der Waals surface area contributed by atoms with Gasteiger partial charge in [0.05, 0.1) is 12.3 Å². The van der Waals surface area contributed by atoms with Gasteiger partial charge in [-0.3, -0.25) is 4.79 Å². The Kier molecular flexibility index (Phi) is 4.86. The van der Waals surface area contributed by atoms with Crippen molar-refractivity contribution in [1.82, 2.24) is 0 Å². The van der Waals surface area contributed by atoms with E-state index in [0.717, 1.165) is 24.2 Å². The molecule has 0 amide bonds. The summed E-state index contributed by atoms with van der Waals surface area (Å²) in [7, 11) is 0. The van der Waals surface area contributed by atoms with Crippen molar-refractivity contribution < 1.29 is 14.6 Å². The lowest BCUT2D eigenvalue weighted by Gasteiger charge is -2.16. The number of carboxylic acids is 1. The summed E-state index contributed by atoms with van der Waals surface area (Å²) in [5.74, 6) is 5.45. The SMILES string of the molecule is CC#C[C@@H](CC(=O)O)c1ccc(OC2CCc3ccccc32)cc1. The molecule has 0 radical (unpaired) electrons. The molecule has 1 unspecified atom stereocenters. The van der Waals surface area contributed by atoms with E-state index in [1.54, 1.807) is 6.92 Å². The predicted molar refractivity (Wildman–Crippen MR) is 93.0 cm³/mol. The standard InChI is InChI=1S/C21H20O3/c1-2-5-17(14-21(22)23)15-8-11-18(12-9-15)24-20-13-10-16-6-3-4-7-19(16)20/h3-4,6-9,11-12,17,20H,10,13-14H2,1H3,(H,22,23)/t17-,20?/m0/s1. The third-order valence-corrected chi connectivity index (χ3v) is 4.34. The highest BCUT2D eigenvalue weighted by atomic mass is 16.5. The van der Waals surface area contributed by atoms with Crippen LogP contribution in [0.2, 0.25) is 0 Å². The molecular formula is C21H20O3. The Balaban J connectivity index is 1.73. The minimum atomic E-state index is -0.842. The smallest absolute Gasteiger partial charge is 0.304 e. The van der Waals surface area contributed by atoms with Crippen LogP contribution in [0.5, 0.6) is 5.75 Å². The van der Waals surface area contributed by atoms with Gasteiger partial charge in [-0.1, -0.05) is 42.3 Å². The number of rotatable bonds is 5. The zero-order chi connectivity index (χ0) is 16.9. The third kappa shape index (κ3) is 3.60. The van der Waals surface area contributed by atoms with Crippen molar-refractivity contribution in [2.75, 3.05) is 0 Å². The van der Waals surface area contributed by atoms with Gasteiger partial charge in [0.2, 0.25) is 0 Å². The first kappa shape index (κ1) is 16.1. The molecule has 1 aliphatic carbocycles. The lowest BCUT2D eigenvalue weighted by Crippen LogP contribution is -2.06. The van der Waals surface area contributed by atoms with Crippen LogP contribution < -0.4 is 4.74 Å². The van der Waals surface area contributed by atoms with Crippen molar-refractivity contribution in [2.45, 2.75) is 38.2 Å². The quantitative estimate of drug-likeness (QED) is 0.834. The summed E-state index contributed by atoms with van der Waals surface area (Å²) in [5.41, 5.74) is 3.53. The van der Waals surface area contributed by atoms with Gasteiger partial charge in [0, 0.05) is 0 Å². The maximum atomic E-state index is 11.0. The zero-order valence-corrected chi connectivity index (χ0v) is 13.7. The van der Waals surface area contributed by atoms with Crippen molar-refractivity contribution in [1.29, 1.82) is 0 Å². The van der Waals surface area contributed by atoms with E-state index in [1.807, 2.05) is 30.3 Å². The Morgan fingerprint density at radius 2 is 2.00 bits per heavy atom. The molecule has 2 aromatic carbocycles. The largest absolute Gasteiger partial charge is 0.486 e. The van der Waals surface area contributed by atoms with Crippen LogP contribution in [0.15, 0.2) is 48.5 Å². The maximum Gasteiger partial charge on any atom is 0.304 e. The van der Waals surface area contributed by atoms with Gasteiger partial charge < -0.3 is 9.84 Å². The molecule has 2 atom stereocenters. The Bertz CT molecular complexity index is 781. The van der Waals surface area contributed by atoms with Crippen LogP contribution >= 0.6 is 0 Å². The van der Waals surface area contributed by atoms with E-state index in [9.17, 15) is 4.79 Å². The van der Waals surface area contributed by atoms with E-state index in [1.165, 1.54) is 11.1 Å². The Hall–Kier alpha value is -2.73. The fraction of sp³-hybridized carbons (Fsp3) is 0.286. The van der Waals surface area contributed by atoms with Crippen LogP contribution in [-0.2, 0) is 11.2 Å². The average Bonchev–Trinajstić information content (AvgIpc) is 2.98. The molecule has 0 bridgehead atoms. The minimum Gasteiger partial charge on any atom is -0.486 e. The van der Waals surface area contributed by atoms with Crippen LogP contribution in [0.4, 0.5) is 0 Å². The molecule has 0 aliphatic heterocycles. The molecule has 0 aromatic heterocycles. The summed E-state index contributed by atoms with van der Waals surface area (Å²) in [6, 6.07) is 16.0. The van der Waals surface area contributed by atoms with Gasteiger partial charge >= 0.3 is 5.97 Å². The summed E-state index contributed by atoms with van der Waals surface area (Å²) in [6.45, 7) is 1.73. The van der Waals surface area contributed by atoms with E-state index < -0.39 is 5.97 Å². The number of ether oxygens (including phenoxy) is 1. The third-order valence-electron chi connectivity index (χ3n) is 4.34. The predicted octanol–water partition coefficient (Wildman–Crippen LogP) is 4.33. The van der Waals surface area contributed by atoms with Crippen LogP contribution in [0.1, 0.15) is 48.5 Å². The monoisotopic (exact) mass is 320 g/mol. The first-order chi connectivity index (χ1) is 11.7. The molecule has 0 spiro atoms. The van der Waals surface area contributed by atoms with Crippen LogP contribution in [0.3, 0.4) is 0 Å². The van der Waals surface area contributed by atoms with Gasteiger partial charge in [-0.25, -0.2) is 0 Å². The van der Waals surface area contributed by atoms with Crippen molar-refractivity contribution in [2.24, 2.45) is 0 Å². The average molecular weight is 320 g/mol. The highest BCUT2D eigenvalue weighted by molar-refractivity contribution is 5.69. The molecule has 0 saturated carbocycles. The van der Waals surface area contributed by atoms with Crippen LogP contribution in [0, 0.1) is 11.8 Å².